The van der Waals surface area contributed by atoms with E-state index in [-0.39, 0.29) is 11.2 Å². The zero-order chi connectivity index (χ0) is 16.0. The Morgan fingerprint density at radius 2 is 1.73 bits per heavy atom. The van der Waals surface area contributed by atoms with Crippen molar-refractivity contribution in [1.29, 1.82) is 0 Å². The summed E-state index contributed by atoms with van der Waals surface area (Å²) >= 11 is 6.19. The molecule has 22 heavy (non-hydrogen) atoms. The van der Waals surface area contributed by atoms with Crippen molar-refractivity contribution in [3.05, 3.63) is 47.1 Å². The molecule has 2 heterocycles. The topological polar surface area (TPSA) is 36.3 Å². The number of halogens is 1. The summed E-state index contributed by atoms with van der Waals surface area (Å²) in [4.78, 5) is 0. The first-order chi connectivity index (χ1) is 10.3. The van der Waals surface area contributed by atoms with Crippen LogP contribution in [0, 0.1) is 0 Å². The van der Waals surface area contributed by atoms with Crippen LogP contribution >= 0.6 is 11.6 Å². The fraction of sp³-hybridized carbons (Fsp3) is 0.438. The maximum absolute atomic E-state index is 6.19. The van der Waals surface area contributed by atoms with Crippen molar-refractivity contribution in [1.82, 2.24) is 9.78 Å². The molecule has 0 saturated carbocycles. The summed E-state index contributed by atoms with van der Waals surface area (Å²) in [6.45, 7) is 8.77. The lowest BCUT2D eigenvalue weighted by Gasteiger charge is -2.32. The van der Waals surface area contributed by atoms with Crippen LogP contribution in [0.4, 0.5) is 0 Å². The van der Waals surface area contributed by atoms with Crippen molar-refractivity contribution in [3.63, 3.8) is 0 Å². The predicted octanol–water partition coefficient (Wildman–Crippen LogP) is 2.88. The van der Waals surface area contributed by atoms with Gasteiger partial charge in [-0.25, -0.2) is 0 Å². The van der Waals surface area contributed by atoms with Gasteiger partial charge >= 0.3 is 7.12 Å². The summed E-state index contributed by atoms with van der Waals surface area (Å²) < 4.78 is 13.9. The molecule has 1 aliphatic rings. The minimum Gasteiger partial charge on any atom is -0.398 e. The highest BCUT2D eigenvalue weighted by atomic mass is 35.5. The number of aromatic nitrogens is 2. The maximum atomic E-state index is 6.19. The van der Waals surface area contributed by atoms with Crippen LogP contribution in [0.2, 0.25) is 5.02 Å². The second-order valence-electron chi connectivity index (χ2n) is 6.62. The third kappa shape index (κ3) is 2.81. The molecule has 0 bridgehead atoms. The van der Waals surface area contributed by atoms with Crippen molar-refractivity contribution in [2.45, 2.75) is 45.4 Å². The van der Waals surface area contributed by atoms with E-state index in [1.165, 1.54) is 0 Å². The van der Waals surface area contributed by atoms with Crippen LogP contribution in [0.3, 0.4) is 0 Å². The van der Waals surface area contributed by atoms with Gasteiger partial charge in [0.05, 0.1) is 23.3 Å². The average molecular weight is 319 g/mol. The zero-order valence-electron chi connectivity index (χ0n) is 13.3. The molecule has 0 atom stereocenters. The number of benzene rings is 1. The molecule has 0 N–H and O–H groups in total. The van der Waals surface area contributed by atoms with Crippen LogP contribution in [0.15, 0.2) is 36.5 Å². The number of hydrogen-bond acceptors (Lipinski definition) is 3. The lowest BCUT2D eigenvalue weighted by atomic mass is 9.85. The molecule has 1 aliphatic heterocycles. The summed E-state index contributed by atoms with van der Waals surface area (Å²) in [5.74, 6) is 0. The average Bonchev–Trinajstić information content (AvgIpc) is 2.96. The number of hydrogen-bond donors (Lipinski definition) is 0. The fourth-order valence-corrected chi connectivity index (χ4v) is 2.55. The second kappa shape index (κ2) is 5.41. The van der Waals surface area contributed by atoms with Crippen LogP contribution in [-0.2, 0) is 15.9 Å². The predicted molar refractivity (Wildman–Crippen MR) is 88.5 cm³/mol. The monoisotopic (exact) mass is 318 g/mol. The molecule has 6 heteroatoms. The summed E-state index contributed by atoms with van der Waals surface area (Å²) in [5, 5.41) is 5.31. The molecule has 2 aromatic rings. The molecule has 116 valence electrons. The molecular weight excluding hydrogens is 298 g/mol. The van der Waals surface area contributed by atoms with Crippen molar-refractivity contribution in [2.75, 3.05) is 0 Å². The largest absolute Gasteiger partial charge is 0.516 e. The van der Waals surface area contributed by atoms with Crippen LogP contribution in [0.5, 0.6) is 0 Å². The molecule has 4 nitrogen and oxygen atoms in total. The first kappa shape index (κ1) is 15.6. The van der Waals surface area contributed by atoms with E-state index in [1.54, 1.807) is 0 Å². The van der Waals surface area contributed by atoms with Gasteiger partial charge in [-0.15, -0.1) is 0 Å². The van der Waals surface area contributed by atoms with Gasteiger partial charge in [0, 0.05) is 11.2 Å². The molecule has 0 spiro atoms. The van der Waals surface area contributed by atoms with Crippen LogP contribution < -0.4 is 5.59 Å². The van der Waals surface area contributed by atoms with Crippen molar-refractivity contribution >= 4 is 24.3 Å². The van der Waals surface area contributed by atoms with Gasteiger partial charge in [-0.05, 0) is 45.4 Å². The Hall–Kier alpha value is -1.30. The van der Waals surface area contributed by atoms with E-state index < -0.39 is 7.12 Å². The van der Waals surface area contributed by atoms with E-state index in [4.69, 9.17) is 20.9 Å². The highest BCUT2D eigenvalue weighted by Crippen LogP contribution is 2.36. The van der Waals surface area contributed by atoms with E-state index in [0.717, 1.165) is 16.2 Å². The molecular formula is C16H20BClN2O2. The van der Waals surface area contributed by atoms with Gasteiger partial charge in [0.1, 0.15) is 0 Å². The lowest BCUT2D eigenvalue weighted by Crippen LogP contribution is -2.41. The lowest BCUT2D eigenvalue weighted by molar-refractivity contribution is 0.00578. The molecule has 3 rings (SSSR count). The Bertz CT molecular complexity index is 668. The van der Waals surface area contributed by atoms with E-state index in [1.807, 2.05) is 68.9 Å². The van der Waals surface area contributed by atoms with Crippen LogP contribution in [0.1, 0.15) is 33.3 Å². The van der Waals surface area contributed by atoms with Crippen LogP contribution in [-0.4, -0.2) is 28.1 Å². The molecule has 1 saturated heterocycles. The van der Waals surface area contributed by atoms with Gasteiger partial charge in [-0.1, -0.05) is 29.8 Å². The quantitative estimate of drug-likeness (QED) is 0.817. The highest BCUT2D eigenvalue weighted by molar-refractivity contribution is 6.61. The molecule has 1 aromatic carbocycles. The normalized spacial score (nSPS) is 19.6. The summed E-state index contributed by atoms with van der Waals surface area (Å²) in [6.07, 6.45) is 1.92. The number of rotatable bonds is 3. The molecule has 0 amide bonds. The molecule has 1 aromatic heterocycles. The van der Waals surface area contributed by atoms with Gasteiger partial charge in [0.2, 0.25) is 0 Å². The Morgan fingerprint density at radius 1 is 1.09 bits per heavy atom. The number of nitrogens with zero attached hydrogens (tertiary/aromatic N) is 2. The zero-order valence-corrected chi connectivity index (χ0v) is 14.1. The third-order valence-electron chi connectivity index (χ3n) is 4.45. The highest BCUT2D eigenvalue weighted by Gasteiger charge is 2.52. The minimum atomic E-state index is -0.433. The van der Waals surface area contributed by atoms with E-state index in [2.05, 4.69) is 5.10 Å². The van der Waals surface area contributed by atoms with Crippen molar-refractivity contribution in [3.8, 4) is 0 Å². The van der Waals surface area contributed by atoms with E-state index in [9.17, 15) is 0 Å². The SMILES string of the molecule is CC1(C)OB(c2ccn(Cc3ccccc3Cl)n2)OC1(C)C. The molecule has 1 fully saturated rings. The third-order valence-corrected chi connectivity index (χ3v) is 4.81. The first-order valence-corrected chi connectivity index (χ1v) is 7.79. The van der Waals surface area contributed by atoms with Crippen molar-refractivity contribution in [2.24, 2.45) is 0 Å². The standard InChI is InChI=1S/C16H20BClN2O2/c1-15(2)16(3,4)22-17(21-15)14-9-10-20(19-14)11-12-7-5-6-8-13(12)18/h5-10H,11H2,1-4H3. The molecule has 0 aliphatic carbocycles. The minimum absolute atomic E-state index is 0.357. The van der Waals surface area contributed by atoms with Gasteiger partial charge < -0.3 is 9.31 Å². The summed E-state index contributed by atoms with van der Waals surface area (Å²) in [6, 6.07) is 9.71. The Kier molecular flexibility index (Phi) is 3.83. The Morgan fingerprint density at radius 3 is 2.36 bits per heavy atom. The first-order valence-electron chi connectivity index (χ1n) is 7.41. The summed E-state index contributed by atoms with van der Waals surface area (Å²) in [7, 11) is -0.433. The van der Waals surface area contributed by atoms with E-state index in [0.29, 0.717) is 6.54 Å². The molecule has 0 radical (unpaired) electrons. The maximum Gasteiger partial charge on any atom is 0.516 e. The fourth-order valence-electron chi connectivity index (χ4n) is 2.36. The Labute approximate surface area is 136 Å². The van der Waals surface area contributed by atoms with Crippen LogP contribution in [0.25, 0.3) is 0 Å². The van der Waals surface area contributed by atoms with Gasteiger partial charge in [0.25, 0.3) is 0 Å². The summed E-state index contributed by atoms with van der Waals surface area (Å²) in [5.41, 5.74) is 1.10. The van der Waals surface area contributed by atoms with Gasteiger partial charge in [-0.3, -0.25) is 4.68 Å². The van der Waals surface area contributed by atoms with Gasteiger partial charge in [0.15, 0.2) is 0 Å². The Balaban J connectivity index is 1.77. The van der Waals surface area contributed by atoms with Gasteiger partial charge in [-0.2, -0.15) is 5.10 Å². The molecule has 0 unspecified atom stereocenters. The second-order valence-corrected chi connectivity index (χ2v) is 7.03. The van der Waals surface area contributed by atoms with Crippen molar-refractivity contribution < 1.29 is 9.31 Å². The smallest absolute Gasteiger partial charge is 0.398 e. The van der Waals surface area contributed by atoms with E-state index >= 15 is 0 Å².